The molecule has 1 N–H and O–H groups in total. The minimum atomic E-state index is -0.305. The van der Waals surface area contributed by atoms with Gasteiger partial charge in [0, 0.05) is 17.0 Å². The third kappa shape index (κ3) is 4.02. The minimum absolute atomic E-state index is 0.237. The number of piperazine rings is 1. The Kier molecular flexibility index (Phi) is 5.38. The van der Waals surface area contributed by atoms with Crippen LogP contribution in [0.3, 0.4) is 0 Å². The summed E-state index contributed by atoms with van der Waals surface area (Å²) in [6.07, 6.45) is 0.671. The number of nitrogens with zero attached hydrogens (tertiary/aromatic N) is 1. The van der Waals surface area contributed by atoms with E-state index in [2.05, 4.69) is 13.0 Å². The monoisotopic (exact) mass is 345 g/mol. The summed E-state index contributed by atoms with van der Waals surface area (Å²) in [6, 6.07) is 7.67. The molecule has 2 aromatic rings. The van der Waals surface area contributed by atoms with E-state index < -0.39 is 0 Å². The lowest BCUT2D eigenvalue weighted by atomic mass is 10.1. The summed E-state index contributed by atoms with van der Waals surface area (Å²) in [4.78, 5) is 26.8. The number of hydrogen-bond acceptors (Lipinski definition) is 4. The molecular formula is C19H25N2O4+. The zero-order chi connectivity index (χ0) is 17.8. The largest absolute Gasteiger partial charge is 0.450 e. The predicted molar refractivity (Wildman–Crippen MR) is 94.9 cm³/mol. The topological polar surface area (TPSA) is 64.2 Å². The van der Waals surface area contributed by atoms with Crippen LogP contribution in [-0.4, -0.2) is 43.8 Å². The fourth-order valence-electron chi connectivity index (χ4n) is 3.31. The van der Waals surface area contributed by atoms with Crippen LogP contribution < -0.4 is 10.5 Å². The van der Waals surface area contributed by atoms with Gasteiger partial charge in [-0.3, -0.25) is 4.90 Å². The average Bonchev–Trinajstić information content (AvgIpc) is 2.61. The van der Waals surface area contributed by atoms with Crippen molar-refractivity contribution in [3.8, 4) is 0 Å². The summed E-state index contributed by atoms with van der Waals surface area (Å²) >= 11 is 0. The molecule has 1 aliphatic heterocycles. The van der Waals surface area contributed by atoms with Gasteiger partial charge in [0.2, 0.25) is 0 Å². The lowest BCUT2D eigenvalue weighted by molar-refractivity contribution is -0.917. The minimum Gasteiger partial charge on any atom is -0.450 e. The van der Waals surface area contributed by atoms with E-state index in [0.717, 1.165) is 42.6 Å². The number of quaternary nitrogens is 1. The van der Waals surface area contributed by atoms with Gasteiger partial charge in [-0.2, -0.15) is 0 Å². The third-order valence-electron chi connectivity index (χ3n) is 4.74. The molecule has 1 saturated heterocycles. The second-order valence-electron chi connectivity index (χ2n) is 6.39. The molecule has 0 atom stereocenters. The van der Waals surface area contributed by atoms with Gasteiger partial charge in [-0.1, -0.05) is 19.1 Å². The highest BCUT2D eigenvalue weighted by Crippen LogP contribution is 2.18. The number of benzene rings is 1. The van der Waals surface area contributed by atoms with Crippen molar-refractivity contribution in [2.75, 3.05) is 32.8 Å². The second kappa shape index (κ2) is 7.70. The second-order valence-corrected chi connectivity index (χ2v) is 6.39. The standard InChI is InChI=1S/C19H24N2O4/c1-3-14-5-6-16-15(12-18(22)25-17(16)11-14)13-20-7-9-21(10-8-20)19(23)24-4-2/h5-6,11-12H,3-4,7-10,13H2,1-2H3/p+1. The Bertz CT molecular complexity index is 807. The fraction of sp³-hybridized carbons (Fsp3) is 0.474. The number of ether oxygens (including phenoxy) is 1. The number of aryl methyl sites for hydroxylation is 1. The average molecular weight is 345 g/mol. The van der Waals surface area contributed by atoms with Gasteiger partial charge in [0.15, 0.2) is 0 Å². The van der Waals surface area contributed by atoms with Crippen molar-refractivity contribution in [3.05, 3.63) is 45.8 Å². The van der Waals surface area contributed by atoms with Crippen LogP contribution in [-0.2, 0) is 17.7 Å². The molecule has 6 heteroatoms. The first-order valence-corrected chi connectivity index (χ1v) is 8.91. The van der Waals surface area contributed by atoms with Crippen LogP contribution in [0.25, 0.3) is 11.0 Å². The van der Waals surface area contributed by atoms with Gasteiger partial charge in [0.25, 0.3) is 0 Å². The molecule has 0 spiro atoms. The van der Waals surface area contributed by atoms with Crippen LogP contribution >= 0.6 is 0 Å². The van der Waals surface area contributed by atoms with Crippen LogP contribution in [0.15, 0.2) is 33.5 Å². The van der Waals surface area contributed by atoms with Gasteiger partial charge >= 0.3 is 11.7 Å². The molecule has 1 aliphatic rings. The fourth-order valence-corrected chi connectivity index (χ4v) is 3.31. The number of amides is 1. The van der Waals surface area contributed by atoms with Gasteiger partial charge in [-0.05, 0) is 25.0 Å². The molecule has 1 aromatic carbocycles. The Morgan fingerprint density at radius 2 is 2.00 bits per heavy atom. The summed E-state index contributed by atoms with van der Waals surface area (Å²) in [5.74, 6) is 0. The highest BCUT2D eigenvalue weighted by atomic mass is 16.6. The Balaban J connectivity index is 1.73. The van der Waals surface area contributed by atoms with Crippen LogP contribution in [0.2, 0.25) is 0 Å². The molecule has 0 bridgehead atoms. The van der Waals surface area contributed by atoms with Crippen LogP contribution in [0.4, 0.5) is 4.79 Å². The van der Waals surface area contributed by atoms with Gasteiger partial charge in [-0.15, -0.1) is 0 Å². The maximum absolute atomic E-state index is 11.9. The van der Waals surface area contributed by atoms with Gasteiger partial charge in [0.05, 0.1) is 32.8 Å². The molecule has 0 unspecified atom stereocenters. The van der Waals surface area contributed by atoms with Crippen molar-refractivity contribution in [2.24, 2.45) is 0 Å². The number of fused-ring (bicyclic) bond motifs is 1. The van der Waals surface area contributed by atoms with E-state index in [0.29, 0.717) is 25.3 Å². The molecular weight excluding hydrogens is 320 g/mol. The number of carbonyl (C=O) groups is 1. The highest BCUT2D eigenvalue weighted by Gasteiger charge is 2.25. The van der Waals surface area contributed by atoms with Crippen molar-refractivity contribution in [1.29, 1.82) is 0 Å². The summed E-state index contributed by atoms with van der Waals surface area (Å²) in [5, 5.41) is 0.997. The van der Waals surface area contributed by atoms with Crippen molar-refractivity contribution in [1.82, 2.24) is 4.90 Å². The highest BCUT2D eigenvalue weighted by molar-refractivity contribution is 5.80. The Labute approximate surface area is 147 Å². The molecule has 1 aromatic heterocycles. The maximum atomic E-state index is 11.9. The van der Waals surface area contributed by atoms with E-state index in [1.807, 2.05) is 19.1 Å². The number of carbonyl (C=O) groups excluding carboxylic acids is 1. The molecule has 25 heavy (non-hydrogen) atoms. The number of nitrogens with one attached hydrogen (secondary N) is 1. The van der Waals surface area contributed by atoms with E-state index in [1.165, 1.54) is 4.90 Å². The lowest BCUT2D eigenvalue weighted by Crippen LogP contribution is -3.13. The van der Waals surface area contributed by atoms with E-state index >= 15 is 0 Å². The van der Waals surface area contributed by atoms with E-state index in [1.54, 1.807) is 11.0 Å². The predicted octanol–water partition coefficient (Wildman–Crippen LogP) is 1.21. The number of rotatable bonds is 4. The van der Waals surface area contributed by atoms with Crippen LogP contribution in [0.5, 0.6) is 0 Å². The summed E-state index contributed by atoms with van der Waals surface area (Å²) < 4.78 is 10.4. The summed E-state index contributed by atoms with van der Waals surface area (Å²) in [6.45, 7) is 8.08. The Hall–Kier alpha value is -2.34. The Morgan fingerprint density at radius 1 is 1.24 bits per heavy atom. The molecule has 0 radical (unpaired) electrons. The lowest BCUT2D eigenvalue weighted by Gasteiger charge is -2.31. The van der Waals surface area contributed by atoms with Crippen LogP contribution in [0.1, 0.15) is 25.0 Å². The molecule has 3 rings (SSSR count). The first-order valence-electron chi connectivity index (χ1n) is 8.91. The summed E-state index contributed by atoms with van der Waals surface area (Å²) in [5.41, 5.74) is 2.52. The van der Waals surface area contributed by atoms with Crippen molar-refractivity contribution < 1.29 is 18.8 Å². The zero-order valence-corrected chi connectivity index (χ0v) is 14.8. The van der Waals surface area contributed by atoms with Gasteiger partial charge in [-0.25, -0.2) is 9.59 Å². The maximum Gasteiger partial charge on any atom is 0.410 e. The van der Waals surface area contributed by atoms with Gasteiger partial charge in [0.1, 0.15) is 12.1 Å². The van der Waals surface area contributed by atoms with Crippen molar-refractivity contribution >= 4 is 17.1 Å². The van der Waals surface area contributed by atoms with Crippen molar-refractivity contribution in [2.45, 2.75) is 26.8 Å². The normalized spacial score (nSPS) is 15.5. The molecule has 134 valence electrons. The molecule has 6 nitrogen and oxygen atoms in total. The first kappa shape index (κ1) is 17.5. The van der Waals surface area contributed by atoms with E-state index in [4.69, 9.17) is 9.15 Å². The molecule has 0 saturated carbocycles. The first-order chi connectivity index (χ1) is 12.1. The van der Waals surface area contributed by atoms with Gasteiger partial charge < -0.3 is 14.1 Å². The molecule has 1 amide bonds. The molecule has 2 heterocycles. The smallest absolute Gasteiger partial charge is 0.410 e. The molecule has 1 fully saturated rings. The van der Waals surface area contributed by atoms with Crippen molar-refractivity contribution in [3.63, 3.8) is 0 Å². The van der Waals surface area contributed by atoms with Crippen LogP contribution in [0, 0.1) is 0 Å². The summed E-state index contributed by atoms with van der Waals surface area (Å²) in [7, 11) is 0. The quantitative estimate of drug-likeness (QED) is 0.846. The van der Waals surface area contributed by atoms with E-state index in [9.17, 15) is 9.59 Å². The Morgan fingerprint density at radius 3 is 2.68 bits per heavy atom. The zero-order valence-electron chi connectivity index (χ0n) is 14.8. The third-order valence-corrected chi connectivity index (χ3v) is 4.74. The SMILES string of the molecule is CCOC(=O)N1CC[NH+](Cc2cc(=O)oc3cc(CC)ccc23)CC1. The van der Waals surface area contributed by atoms with E-state index in [-0.39, 0.29) is 11.7 Å². The molecule has 0 aliphatic carbocycles. The number of hydrogen-bond donors (Lipinski definition) is 1.